The van der Waals surface area contributed by atoms with Crippen molar-refractivity contribution in [1.29, 1.82) is 0 Å². The van der Waals surface area contributed by atoms with Crippen LogP contribution in [0.4, 0.5) is 5.69 Å². The van der Waals surface area contributed by atoms with Crippen molar-refractivity contribution >= 4 is 11.7 Å². The van der Waals surface area contributed by atoms with Gasteiger partial charge in [0.25, 0.3) is 0 Å². The molecule has 4 heteroatoms. The van der Waals surface area contributed by atoms with Crippen molar-refractivity contribution in [1.82, 2.24) is 5.32 Å². The van der Waals surface area contributed by atoms with Gasteiger partial charge in [0.1, 0.15) is 6.04 Å². The van der Waals surface area contributed by atoms with Crippen LogP contribution in [-0.4, -0.2) is 36.2 Å². The van der Waals surface area contributed by atoms with Gasteiger partial charge in [-0.2, -0.15) is 0 Å². The summed E-state index contributed by atoms with van der Waals surface area (Å²) in [7, 11) is 0. The molecule has 1 aromatic carbocycles. The van der Waals surface area contributed by atoms with Crippen LogP contribution in [0.15, 0.2) is 30.3 Å². The maximum Gasteiger partial charge on any atom is 0.320 e. The van der Waals surface area contributed by atoms with E-state index in [0.29, 0.717) is 12.0 Å². The van der Waals surface area contributed by atoms with Crippen molar-refractivity contribution < 1.29 is 9.90 Å². The molecule has 0 bridgehead atoms. The number of piperidine rings is 1. The Morgan fingerprint density at radius 1 is 1.15 bits per heavy atom. The van der Waals surface area contributed by atoms with Crippen LogP contribution in [0.5, 0.6) is 0 Å². The number of aliphatic carboxylic acids is 1. The molecule has 0 amide bonds. The van der Waals surface area contributed by atoms with Gasteiger partial charge in [0.05, 0.1) is 0 Å². The van der Waals surface area contributed by atoms with E-state index in [4.69, 9.17) is 0 Å². The zero-order valence-electron chi connectivity index (χ0n) is 11.7. The first-order valence-corrected chi connectivity index (χ1v) is 7.53. The van der Waals surface area contributed by atoms with Gasteiger partial charge in [-0.15, -0.1) is 0 Å². The monoisotopic (exact) mass is 274 g/mol. The number of carboxylic acids is 1. The standard InChI is InChI=1S/C16H22N2O2/c19-16(20)15(12-6-7-12)17-13-8-10-18(11-9-13)14-4-2-1-3-5-14/h1-5,12-13,15,17H,6-11H2,(H,19,20). The summed E-state index contributed by atoms with van der Waals surface area (Å²) in [6, 6.07) is 10.4. The molecule has 1 aliphatic carbocycles. The summed E-state index contributed by atoms with van der Waals surface area (Å²) in [5, 5.41) is 12.6. The topological polar surface area (TPSA) is 52.6 Å². The fourth-order valence-electron chi connectivity index (χ4n) is 3.04. The molecule has 0 radical (unpaired) electrons. The van der Waals surface area contributed by atoms with E-state index in [2.05, 4.69) is 34.5 Å². The van der Waals surface area contributed by atoms with Gasteiger partial charge in [0, 0.05) is 24.8 Å². The maximum absolute atomic E-state index is 11.3. The lowest BCUT2D eigenvalue weighted by molar-refractivity contribution is -0.140. The zero-order valence-corrected chi connectivity index (χ0v) is 11.7. The first-order chi connectivity index (χ1) is 9.74. The number of nitrogens with one attached hydrogen (secondary N) is 1. The van der Waals surface area contributed by atoms with Crippen LogP contribution in [0.25, 0.3) is 0 Å². The molecular formula is C16H22N2O2. The first kappa shape index (κ1) is 13.4. The third-order valence-electron chi connectivity index (χ3n) is 4.39. The highest BCUT2D eigenvalue weighted by molar-refractivity contribution is 5.74. The summed E-state index contributed by atoms with van der Waals surface area (Å²) in [5.41, 5.74) is 1.27. The summed E-state index contributed by atoms with van der Waals surface area (Å²) in [6.45, 7) is 2.00. The smallest absolute Gasteiger partial charge is 0.320 e. The molecular weight excluding hydrogens is 252 g/mol. The molecule has 1 saturated carbocycles. The third-order valence-corrected chi connectivity index (χ3v) is 4.39. The molecule has 1 aliphatic heterocycles. The maximum atomic E-state index is 11.3. The minimum atomic E-state index is -0.682. The van der Waals surface area contributed by atoms with E-state index >= 15 is 0 Å². The molecule has 0 aromatic heterocycles. The Labute approximate surface area is 119 Å². The van der Waals surface area contributed by atoms with Gasteiger partial charge >= 0.3 is 5.97 Å². The Kier molecular flexibility index (Phi) is 3.92. The van der Waals surface area contributed by atoms with E-state index < -0.39 is 5.97 Å². The Morgan fingerprint density at radius 3 is 2.35 bits per heavy atom. The molecule has 1 aromatic rings. The Morgan fingerprint density at radius 2 is 1.80 bits per heavy atom. The quantitative estimate of drug-likeness (QED) is 0.863. The number of benzene rings is 1. The normalized spacial score (nSPS) is 21.7. The second-order valence-electron chi connectivity index (χ2n) is 5.92. The van der Waals surface area contributed by atoms with E-state index in [0.717, 1.165) is 38.8 Å². The molecule has 20 heavy (non-hydrogen) atoms. The van der Waals surface area contributed by atoms with Crippen molar-refractivity contribution in [2.24, 2.45) is 5.92 Å². The van der Waals surface area contributed by atoms with Crippen molar-refractivity contribution in [3.8, 4) is 0 Å². The van der Waals surface area contributed by atoms with Crippen LogP contribution in [0.2, 0.25) is 0 Å². The lowest BCUT2D eigenvalue weighted by Gasteiger charge is -2.35. The number of para-hydroxylation sites is 1. The lowest BCUT2D eigenvalue weighted by atomic mass is 10.0. The average Bonchev–Trinajstić information content (AvgIpc) is 3.30. The molecule has 3 rings (SSSR count). The van der Waals surface area contributed by atoms with E-state index in [1.54, 1.807) is 0 Å². The van der Waals surface area contributed by atoms with Crippen LogP contribution in [-0.2, 0) is 4.79 Å². The van der Waals surface area contributed by atoms with Crippen LogP contribution >= 0.6 is 0 Å². The summed E-state index contributed by atoms with van der Waals surface area (Å²) >= 11 is 0. The zero-order chi connectivity index (χ0) is 13.9. The number of rotatable bonds is 5. The molecule has 108 valence electrons. The van der Waals surface area contributed by atoms with Crippen LogP contribution in [0, 0.1) is 5.92 Å². The molecule has 0 spiro atoms. The van der Waals surface area contributed by atoms with Gasteiger partial charge < -0.3 is 15.3 Å². The average molecular weight is 274 g/mol. The van der Waals surface area contributed by atoms with Crippen molar-refractivity contribution in [3.05, 3.63) is 30.3 Å². The van der Waals surface area contributed by atoms with Crippen molar-refractivity contribution in [2.75, 3.05) is 18.0 Å². The summed E-state index contributed by atoms with van der Waals surface area (Å²) in [4.78, 5) is 13.6. The summed E-state index contributed by atoms with van der Waals surface area (Å²) < 4.78 is 0. The number of anilines is 1. The van der Waals surface area contributed by atoms with Crippen LogP contribution < -0.4 is 10.2 Å². The number of carbonyl (C=O) groups is 1. The first-order valence-electron chi connectivity index (χ1n) is 7.53. The van der Waals surface area contributed by atoms with Crippen molar-refractivity contribution in [3.63, 3.8) is 0 Å². The summed E-state index contributed by atoms with van der Waals surface area (Å²) in [6.07, 6.45) is 4.16. The minimum absolute atomic E-state index is 0.330. The van der Waals surface area contributed by atoms with Gasteiger partial charge in [-0.3, -0.25) is 4.79 Å². The number of hydrogen-bond donors (Lipinski definition) is 2. The number of hydrogen-bond acceptors (Lipinski definition) is 3. The SMILES string of the molecule is O=C(O)C(NC1CCN(c2ccccc2)CC1)C1CC1. The Balaban J connectivity index is 1.52. The fourth-order valence-corrected chi connectivity index (χ4v) is 3.04. The molecule has 1 heterocycles. The van der Waals surface area contributed by atoms with E-state index in [-0.39, 0.29) is 6.04 Å². The van der Waals surface area contributed by atoms with Gasteiger partial charge in [0.2, 0.25) is 0 Å². The van der Waals surface area contributed by atoms with E-state index in [1.807, 2.05) is 6.07 Å². The Hall–Kier alpha value is -1.55. The van der Waals surface area contributed by atoms with E-state index in [1.165, 1.54) is 5.69 Å². The van der Waals surface area contributed by atoms with Crippen LogP contribution in [0.3, 0.4) is 0 Å². The number of carboxylic acid groups (broad SMARTS) is 1. The largest absolute Gasteiger partial charge is 0.480 e. The molecule has 2 N–H and O–H groups in total. The highest BCUT2D eigenvalue weighted by atomic mass is 16.4. The second kappa shape index (κ2) is 5.83. The minimum Gasteiger partial charge on any atom is -0.480 e. The molecule has 4 nitrogen and oxygen atoms in total. The van der Waals surface area contributed by atoms with Crippen molar-refractivity contribution in [2.45, 2.75) is 37.8 Å². The second-order valence-corrected chi connectivity index (χ2v) is 5.92. The molecule has 1 saturated heterocycles. The van der Waals surface area contributed by atoms with Gasteiger partial charge in [-0.1, -0.05) is 18.2 Å². The molecule has 2 fully saturated rings. The predicted molar refractivity (Wildman–Crippen MR) is 79.0 cm³/mol. The molecule has 1 atom stereocenters. The fraction of sp³-hybridized carbons (Fsp3) is 0.562. The van der Waals surface area contributed by atoms with Gasteiger partial charge in [-0.05, 0) is 43.7 Å². The van der Waals surface area contributed by atoms with E-state index in [9.17, 15) is 9.90 Å². The van der Waals surface area contributed by atoms with Gasteiger partial charge in [-0.25, -0.2) is 0 Å². The molecule has 1 unspecified atom stereocenters. The number of nitrogens with zero attached hydrogens (tertiary/aromatic N) is 1. The summed E-state index contributed by atoms with van der Waals surface area (Å²) in [5.74, 6) is -0.322. The lowest BCUT2D eigenvalue weighted by Crippen LogP contribution is -2.49. The highest BCUT2D eigenvalue weighted by Gasteiger charge is 2.37. The predicted octanol–water partition coefficient (Wildman–Crippen LogP) is 2.11. The van der Waals surface area contributed by atoms with Gasteiger partial charge in [0.15, 0.2) is 0 Å². The Bertz CT molecular complexity index is 451. The highest BCUT2D eigenvalue weighted by Crippen LogP contribution is 2.33. The molecule has 2 aliphatic rings. The third kappa shape index (κ3) is 3.12. The van der Waals surface area contributed by atoms with Crippen LogP contribution in [0.1, 0.15) is 25.7 Å².